The molecule has 1 spiro atoms. The number of nitrogens with zero attached hydrogens (tertiary/aromatic N) is 2. The van der Waals surface area contributed by atoms with Gasteiger partial charge in [0.2, 0.25) is 0 Å². The lowest BCUT2D eigenvalue weighted by atomic mass is 9.86. The van der Waals surface area contributed by atoms with Crippen LogP contribution in [0.1, 0.15) is 50.4 Å². The summed E-state index contributed by atoms with van der Waals surface area (Å²) in [5, 5.41) is 4.60. The third-order valence-corrected chi connectivity index (χ3v) is 5.87. The van der Waals surface area contributed by atoms with Gasteiger partial charge in [-0.15, -0.1) is 0 Å². The third kappa shape index (κ3) is 4.20. The number of amides is 1. The lowest BCUT2D eigenvalue weighted by molar-refractivity contribution is -0.0449. The number of fused-ring (bicyclic) bond motifs is 1. The highest BCUT2D eigenvalue weighted by Crippen LogP contribution is 2.37. The van der Waals surface area contributed by atoms with E-state index in [0.717, 1.165) is 49.9 Å². The first kappa shape index (κ1) is 19.3. The molecule has 2 aromatic rings. The second-order valence-electron chi connectivity index (χ2n) is 9.44. The third-order valence-electron chi connectivity index (χ3n) is 5.87. The number of hydrogen-bond acceptors (Lipinski definition) is 4. The number of carbonyl (C=O) groups is 1. The number of likely N-dealkylation sites (tertiary alicyclic amines) is 1. The Morgan fingerprint density at radius 2 is 2.18 bits per heavy atom. The molecule has 1 aromatic heterocycles. The van der Waals surface area contributed by atoms with Crippen LogP contribution >= 0.6 is 0 Å². The van der Waals surface area contributed by atoms with E-state index in [1.807, 2.05) is 35.2 Å². The zero-order chi connectivity index (χ0) is 19.8. The molecule has 3 heterocycles. The number of para-hydroxylation sites is 1. The van der Waals surface area contributed by atoms with Gasteiger partial charge in [-0.05, 0) is 58.1 Å². The normalized spacial score (nSPS) is 25.5. The Bertz CT molecular complexity index is 860. The van der Waals surface area contributed by atoms with Gasteiger partial charge in [-0.2, -0.15) is 0 Å². The van der Waals surface area contributed by atoms with E-state index >= 15 is 0 Å². The van der Waals surface area contributed by atoms with Gasteiger partial charge in [0.1, 0.15) is 0 Å². The van der Waals surface area contributed by atoms with Gasteiger partial charge in [0.25, 0.3) is 5.91 Å². The van der Waals surface area contributed by atoms with Crippen molar-refractivity contribution < 1.29 is 9.53 Å². The highest BCUT2D eigenvalue weighted by molar-refractivity contribution is 5.97. The summed E-state index contributed by atoms with van der Waals surface area (Å²) in [5.74, 6) is 0.578. The van der Waals surface area contributed by atoms with E-state index in [1.54, 1.807) is 6.20 Å². The van der Waals surface area contributed by atoms with Crippen LogP contribution in [0.3, 0.4) is 0 Å². The lowest BCUT2D eigenvalue weighted by Gasteiger charge is -2.40. The zero-order valence-electron chi connectivity index (χ0n) is 17.2. The fourth-order valence-corrected chi connectivity index (χ4v) is 4.45. The van der Waals surface area contributed by atoms with E-state index < -0.39 is 0 Å². The Morgan fingerprint density at radius 3 is 3.00 bits per heavy atom. The number of piperidine rings is 1. The van der Waals surface area contributed by atoms with E-state index in [4.69, 9.17) is 4.74 Å². The summed E-state index contributed by atoms with van der Waals surface area (Å²) in [6.07, 6.45) is 4.76. The van der Waals surface area contributed by atoms with Crippen molar-refractivity contribution in [2.24, 2.45) is 5.92 Å². The Kier molecular flexibility index (Phi) is 5.15. The highest BCUT2D eigenvalue weighted by atomic mass is 16.5. The SMILES string of the molecule is CC(C)(C)NC[C@@H]1CO[C@@]2(CCCN(C(=O)c3cnc4ccccc4c3)C2)C1. The van der Waals surface area contributed by atoms with Crippen LogP contribution in [0.5, 0.6) is 0 Å². The average molecular weight is 382 g/mol. The molecule has 1 N–H and O–H groups in total. The summed E-state index contributed by atoms with van der Waals surface area (Å²) < 4.78 is 6.30. The molecule has 0 saturated carbocycles. The standard InChI is InChI=1S/C23H31N3O2/c1-22(2,3)25-13-17-12-23(28-15-17)9-6-10-26(16-23)21(27)19-11-18-7-4-5-8-20(18)24-14-19/h4-5,7-8,11,14,17,25H,6,9-10,12-13,15-16H2,1-3H3/t17-,23+/m1/s1. The number of benzene rings is 1. The lowest BCUT2D eigenvalue weighted by Crippen LogP contribution is -2.50. The van der Waals surface area contributed by atoms with Gasteiger partial charge in [-0.1, -0.05) is 18.2 Å². The maximum Gasteiger partial charge on any atom is 0.255 e. The molecule has 1 aromatic carbocycles. The largest absolute Gasteiger partial charge is 0.373 e. The number of ether oxygens (including phenoxy) is 1. The number of aromatic nitrogens is 1. The molecular weight excluding hydrogens is 350 g/mol. The first-order valence-corrected chi connectivity index (χ1v) is 10.4. The Labute approximate surface area is 167 Å². The molecular formula is C23H31N3O2. The van der Waals surface area contributed by atoms with Crippen LogP contribution in [0.15, 0.2) is 36.5 Å². The van der Waals surface area contributed by atoms with Crippen LogP contribution in [0.2, 0.25) is 0 Å². The van der Waals surface area contributed by atoms with Crippen LogP contribution in [-0.2, 0) is 4.74 Å². The molecule has 28 heavy (non-hydrogen) atoms. The summed E-state index contributed by atoms with van der Waals surface area (Å²) in [6, 6.07) is 9.87. The molecule has 5 heteroatoms. The van der Waals surface area contributed by atoms with Gasteiger partial charge >= 0.3 is 0 Å². The molecule has 2 aliphatic heterocycles. The molecule has 2 atom stereocenters. The second-order valence-corrected chi connectivity index (χ2v) is 9.44. The van der Waals surface area contributed by atoms with Gasteiger partial charge in [0.15, 0.2) is 0 Å². The predicted octanol–water partition coefficient (Wildman–Crippen LogP) is 3.63. The highest BCUT2D eigenvalue weighted by Gasteiger charge is 2.44. The van der Waals surface area contributed by atoms with Crippen molar-refractivity contribution in [2.75, 3.05) is 26.2 Å². The molecule has 2 aliphatic rings. The van der Waals surface area contributed by atoms with Crippen molar-refractivity contribution >= 4 is 16.8 Å². The molecule has 5 nitrogen and oxygen atoms in total. The van der Waals surface area contributed by atoms with Crippen LogP contribution in [-0.4, -0.2) is 53.2 Å². The molecule has 0 radical (unpaired) electrons. The van der Waals surface area contributed by atoms with Crippen molar-refractivity contribution in [1.82, 2.24) is 15.2 Å². The van der Waals surface area contributed by atoms with E-state index in [2.05, 4.69) is 31.1 Å². The molecule has 4 rings (SSSR count). The molecule has 150 valence electrons. The van der Waals surface area contributed by atoms with E-state index in [9.17, 15) is 4.79 Å². The van der Waals surface area contributed by atoms with E-state index in [0.29, 0.717) is 18.0 Å². The minimum absolute atomic E-state index is 0.0668. The summed E-state index contributed by atoms with van der Waals surface area (Å²) >= 11 is 0. The van der Waals surface area contributed by atoms with Crippen molar-refractivity contribution in [1.29, 1.82) is 0 Å². The first-order valence-electron chi connectivity index (χ1n) is 10.4. The number of nitrogens with one attached hydrogen (secondary N) is 1. The fraction of sp³-hybridized carbons (Fsp3) is 0.565. The second kappa shape index (κ2) is 7.45. The Hall–Kier alpha value is -1.98. The molecule has 2 fully saturated rings. The van der Waals surface area contributed by atoms with Gasteiger partial charge in [-0.25, -0.2) is 0 Å². The van der Waals surface area contributed by atoms with Gasteiger partial charge in [0.05, 0.1) is 23.3 Å². The van der Waals surface area contributed by atoms with Gasteiger partial charge in [-0.3, -0.25) is 9.78 Å². The van der Waals surface area contributed by atoms with Crippen molar-refractivity contribution in [3.63, 3.8) is 0 Å². The Balaban J connectivity index is 1.44. The molecule has 0 bridgehead atoms. The van der Waals surface area contributed by atoms with E-state index in [-0.39, 0.29) is 17.0 Å². The minimum Gasteiger partial charge on any atom is -0.373 e. The van der Waals surface area contributed by atoms with Crippen molar-refractivity contribution in [3.05, 3.63) is 42.1 Å². The topological polar surface area (TPSA) is 54.5 Å². The summed E-state index contributed by atoms with van der Waals surface area (Å²) in [6.45, 7) is 9.80. The molecule has 1 amide bonds. The van der Waals surface area contributed by atoms with Crippen LogP contribution in [0.25, 0.3) is 10.9 Å². The summed E-state index contributed by atoms with van der Waals surface area (Å²) in [4.78, 5) is 19.6. The van der Waals surface area contributed by atoms with Gasteiger partial charge in [0, 0.05) is 36.8 Å². The maximum absolute atomic E-state index is 13.1. The number of hydrogen-bond donors (Lipinski definition) is 1. The monoisotopic (exact) mass is 381 g/mol. The summed E-state index contributed by atoms with van der Waals surface area (Å²) in [5.41, 5.74) is 1.53. The van der Waals surface area contributed by atoms with Crippen LogP contribution in [0, 0.1) is 5.92 Å². The first-order chi connectivity index (χ1) is 13.3. The zero-order valence-corrected chi connectivity index (χ0v) is 17.2. The number of carbonyl (C=O) groups excluding carboxylic acids is 1. The molecule has 2 saturated heterocycles. The number of pyridine rings is 1. The van der Waals surface area contributed by atoms with Crippen LogP contribution < -0.4 is 5.32 Å². The molecule has 0 unspecified atom stereocenters. The van der Waals surface area contributed by atoms with Gasteiger partial charge < -0.3 is 15.0 Å². The quantitative estimate of drug-likeness (QED) is 0.882. The van der Waals surface area contributed by atoms with E-state index in [1.165, 1.54) is 0 Å². The maximum atomic E-state index is 13.1. The minimum atomic E-state index is -0.178. The Morgan fingerprint density at radius 1 is 1.36 bits per heavy atom. The van der Waals surface area contributed by atoms with Crippen molar-refractivity contribution in [2.45, 2.75) is 51.2 Å². The smallest absolute Gasteiger partial charge is 0.255 e. The fourth-order valence-electron chi connectivity index (χ4n) is 4.45. The molecule has 0 aliphatic carbocycles. The number of rotatable bonds is 3. The van der Waals surface area contributed by atoms with Crippen LogP contribution in [0.4, 0.5) is 0 Å². The predicted molar refractivity (Wildman–Crippen MR) is 111 cm³/mol. The summed E-state index contributed by atoms with van der Waals surface area (Å²) in [7, 11) is 0. The van der Waals surface area contributed by atoms with Crippen molar-refractivity contribution in [3.8, 4) is 0 Å². The average Bonchev–Trinajstić information content (AvgIpc) is 3.07.